The molecule has 0 amide bonds. The van der Waals surface area contributed by atoms with Crippen LogP contribution in [0.2, 0.25) is 0 Å². The van der Waals surface area contributed by atoms with Crippen LogP contribution in [0.25, 0.3) is 0 Å². The van der Waals surface area contributed by atoms with Crippen molar-refractivity contribution in [1.29, 1.82) is 0 Å². The zero-order valence-corrected chi connectivity index (χ0v) is 12.5. The van der Waals surface area contributed by atoms with Crippen LogP contribution in [0, 0.1) is 5.92 Å². The second-order valence-electron chi connectivity index (χ2n) is 5.93. The van der Waals surface area contributed by atoms with E-state index < -0.39 is 17.4 Å². The predicted molar refractivity (Wildman–Crippen MR) is 78.9 cm³/mol. The molecule has 0 spiro atoms. The van der Waals surface area contributed by atoms with Crippen molar-refractivity contribution in [2.24, 2.45) is 5.92 Å². The van der Waals surface area contributed by atoms with Crippen molar-refractivity contribution in [3.05, 3.63) is 47.2 Å². The number of ketones is 2. The van der Waals surface area contributed by atoms with Gasteiger partial charge in [-0.1, -0.05) is 30.3 Å². The summed E-state index contributed by atoms with van der Waals surface area (Å²) in [4.78, 5) is 24.1. The number of benzene rings is 1. The molecule has 1 aliphatic rings. The molecule has 0 saturated heterocycles. The highest BCUT2D eigenvalue weighted by molar-refractivity contribution is 5.97. The van der Waals surface area contributed by atoms with Gasteiger partial charge in [0.25, 0.3) is 0 Å². The molecule has 2 rings (SSSR count). The third kappa shape index (κ3) is 2.76. The van der Waals surface area contributed by atoms with Gasteiger partial charge in [-0.25, -0.2) is 0 Å². The first-order valence-electron chi connectivity index (χ1n) is 6.96. The summed E-state index contributed by atoms with van der Waals surface area (Å²) in [6.07, 6.45) is -0.0878. The normalized spacial score (nSPS) is 29.3. The standard InChI is InChI=1S/C17H20O4/c1-10(18)14-13(20)9-17(3,21)16(11(2)19)15(14)12-7-5-4-6-8-12/h4-8,15-16,20-21H,9H2,1-3H3. The number of aliphatic hydroxyl groups is 2. The molecular weight excluding hydrogens is 268 g/mol. The summed E-state index contributed by atoms with van der Waals surface area (Å²) >= 11 is 0. The minimum atomic E-state index is -1.38. The molecular formula is C17H20O4. The Morgan fingerprint density at radius 3 is 2.24 bits per heavy atom. The van der Waals surface area contributed by atoms with E-state index in [1.54, 1.807) is 12.1 Å². The number of hydrogen-bond acceptors (Lipinski definition) is 4. The van der Waals surface area contributed by atoms with E-state index in [0.29, 0.717) is 0 Å². The highest BCUT2D eigenvalue weighted by atomic mass is 16.3. The summed E-state index contributed by atoms with van der Waals surface area (Å²) in [5.74, 6) is -1.97. The van der Waals surface area contributed by atoms with E-state index in [9.17, 15) is 19.8 Å². The number of Topliss-reactive ketones (excluding diaryl/α,β-unsaturated/α-hetero) is 2. The van der Waals surface area contributed by atoms with Gasteiger partial charge in [0, 0.05) is 17.9 Å². The highest BCUT2D eigenvalue weighted by Gasteiger charge is 2.49. The van der Waals surface area contributed by atoms with E-state index >= 15 is 0 Å². The lowest BCUT2D eigenvalue weighted by Crippen LogP contribution is -2.47. The summed E-state index contributed by atoms with van der Waals surface area (Å²) in [6.45, 7) is 4.32. The highest BCUT2D eigenvalue weighted by Crippen LogP contribution is 2.46. The number of carbonyl (C=O) groups is 2. The third-order valence-corrected chi connectivity index (χ3v) is 4.13. The lowest BCUT2D eigenvalue weighted by atomic mass is 9.64. The van der Waals surface area contributed by atoms with Gasteiger partial charge < -0.3 is 10.2 Å². The van der Waals surface area contributed by atoms with Gasteiger partial charge in [0.15, 0.2) is 5.78 Å². The fourth-order valence-electron chi connectivity index (χ4n) is 3.36. The number of carbonyl (C=O) groups excluding carboxylic acids is 2. The van der Waals surface area contributed by atoms with Crippen LogP contribution in [0.15, 0.2) is 41.7 Å². The maximum atomic E-state index is 12.1. The number of hydrogen-bond donors (Lipinski definition) is 2. The predicted octanol–water partition coefficient (Wildman–Crippen LogP) is 2.53. The molecule has 3 unspecified atom stereocenters. The monoisotopic (exact) mass is 288 g/mol. The number of aliphatic hydroxyl groups excluding tert-OH is 1. The van der Waals surface area contributed by atoms with Gasteiger partial charge >= 0.3 is 0 Å². The lowest BCUT2D eigenvalue weighted by Gasteiger charge is -2.41. The minimum absolute atomic E-state index is 0.0878. The molecule has 0 heterocycles. The van der Waals surface area contributed by atoms with E-state index in [1.807, 2.05) is 18.2 Å². The van der Waals surface area contributed by atoms with Gasteiger partial charge in [-0.05, 0) is 26.3 Å². The van der Waals surface area contributed by atoms with Gasteiger partial charge in [-0.15, -0.1) is 0 Å². The summed E-state index contributed by atoms with van der Waals surface area (Å²) in [6, 6.07) is 9.07. The molecule has 1 aromatic rings. The Morgan fingerprint density at radius 1 is 1.19 bits per heavy atom. The van der Waals surface area contributed by atoms with E-state index in [2.05, 4.69) is 0 Å². The Labute approximate surface area is 124 Å². The molecule has 1 aromatic carbocycles. The average molecular weight is 288 g/mol. The molecule has 4 nitrogen and oxygen atoms in total. The smallest absolute Gasteiger partial charge is 0.159 e. The van der Waals surface area contributed by atoms with Crippen LogP contribution in [0.4, 0.5) is 0 Å². The summed E-state index contributed by atoms with van der Waals surface area (Å²) in [5.41, 5.74) is -0.405. The lowest BCUT2D eigenvalue weighted by molar-refractivity contribution is -0.132. The van der Waals surface area contributed by atoms with Crippen molar-refractivity contribution < 1.29 is 19.8 Å². The molecule has 1 aliphatic carbocycles. The van der Waals surface area contributed by atoms with Crippen molar-refractivity contribution >= 4 is 11.6 Å². The molecule has 3 atom stereocenters. The second-order valence-corrected chi connectivity index (χ2v) is 5.93. The van der Waals surface area contributed by atoms with Crippen LogP contribution in [0.1, 0.15) is 38.7 Å². The van der Waals surface area contributed by atoms with E-state index in [0.717, 1.165) is 5.56 Å². The van der Waals surface area contributed by atoms with E-state index in [-0.39, 0.29) is 29.3 Å². The molecule has 0 fully saturated rings. The Hall–Kier alpha value is -1.94. The Morgan fingerprint density at radius 2 is 1.76 bits per heavy atom. The van der Waals surface area contributed by atoms with Gasteiger partial charge in [0.05, 0.1) is 11.5 Å². The van der Waals surface area contributed by atoms with Crippen LogP contribution in [0.3, 0.4) is 0 Å². The minimum Gasteiger partial charge on any atom is -0.512 e. The average Bonchev–Trinajstić information content (AvgIpc) is 2.36. The summed E-state index contributed by atoms with van der Waals surface area (Å²) in [5, 5.41) is 20.8. The first-order valence-corrected chi connectivity index (χ1v) is 6.96. The van der Waals surface area contributed by atoms with Gasteiger partial charge in [0.1, 0.15) is 11.5 Å². The van der Waals surface area contributed by atoms with Crippen molar-refractivity contribution in [1.82, 2.24) is 0 Å². The molecule has 0 saturated carbocycles. The molecule has 112 valence electrons. The van der Waals surface area contributed by atoms with Crippen molar-refractivity contribution in [3.8, 4) is 0 Å². The number of rotatable bonds is 3. The van der Waals surface area contributed by atoms with Crippen molar-refractivity contribution in [2.75, 3.05) is 0 Å². The Kier molecular flexibility index (Phi) is 4.01. The summed E-state index contributed by atoms with van der Waals surface area (Å²) in [7, 11) is 0. The third-order valence-electron chi connectivity index (χ3n) is 4.13. The van der Waals surface area contributed by atoms with Crippen LogP contribution < -0.4 is 0 Å². The van der Waals surface area contributed by atoms with Gasteiger partial charge in [0.2, 0.25) is 0 Å². The Balaban J connectivity index is 2.69. The summed E-state index contributed by atoms with van der Waals surface area (Å²) < 4.78 is 0. The Bertz CT molecular complexity index is 598. The molecule has 4 heteroatoms. The van der Waals surface area contributed by atoms with Crippen molar-refractivity contribution in [3.63, 3.8) is 0 Å². The van der Waals surface area contributed by atoms with Gasteiger partial charge in [-0.2, -0.15) is 0 Å². The van der Waals surface area contributed by atoms with Crippen LogP contribution in [0.5, 0.6) is 0 Å². The fourth-order valence-corrected chi connectivity index (χ4v) is 3.36. The van der Waals surface area contributed by atoms with Crippen LogP contribution >= 0.6 is 0 Å². The van der Waals surface area contributed by atoms with Crippen molar-refractivity contribution in [2.45, 2.75) is 38.7 Å². The molecule has 2 N–H and O–H groups in total. The topological polar surface area (TPSA) is 74.6 Å². The van der Waals surface area contributed by atoms with Crippen LogP contribution in [-0.2, 0) is 9.59 Å². The molecule has 21 heavy (non-hydrogen) atoms. The molecule has 0 bridgehead atoms. The maximum absolute atomic E-state index is 12.1. The largest absolute Gasteiger partial charge is 0.512 e. The van der Waals surface area contributed by atoms with Crippen LogP contribution in [-0.4, -0.2) is 27.4 Å². The first kappa shape index (κ1) is 15.4. The van der Waals surface area contributed by atoms with E-state index in [4.69, 9.17) is 0 Å². The first-order chi connectivity index (χ1) is 9.75. The second kappa shape index (κ2) is 5.45. The zero-order valence-electron chi connectivity index (χ0n) is 12.5. The zero-order chi connectivity index (χ0) is 15.8. The molecule has 0 radical (unpaired) electrons. The fraction of sp³-hybridized carbons (Fsp3) is 0.412. The van der Waals surface area contributed by atoms with Gasteiger partial charge in [-0.3, -0.25) is 9.59 Å². The quantitative estimate of drug-likeness (QED) is 0.896. The molecule has 0 aromatic heterocycles. The maximum Gasteiger partial charge on any atom is 0.159 e. The van der Waals surface area contributed by atoms with E-state index in [1.165, 1.54) is 20.8 Å². The number of allylic oxidation sites excluding steroid dienone is 1. The SMILES string of the molecule is CC(=O)C1=C(O)CC(C)(O)C(C(C)=O)C1c1ccccc1. The molecule has 0 aliphatic heterocycles.